The molecule has 0 radical (unpaired) electrons. The number of aryl methyl sites for hydroxylation is 1. The van der Waals surface area contributed by atoms with Crippen molar-refractivity contribution >= 4 is 22.6 Å². The zero-order valence-electron chi connectivity index (χ0n) is 6.20. The Hall–Kier alpha value is -0.380. The summed E-state index contributed by atoms with van der Waals surface area (Å²) < 4.78 is 2.04. The third-order valence-corrected chi connectivity index (χ3v) is 1.89. The molecule has 0 saturated heterocycles. The fraction of sp³-hybridized carbons (Fsp3) is 0.222. The van der Waals surface area contributed by atoms with Gasteiger partial charge in [-0.3, -0.25) is 4.98 Å². The molecule has 0 aliphatic rings. The molecule has 1 nitrogen and oxygen atoms in total. The molecule has 0 atom stereocenters. The van der Waals surface area contributed by atoms with Crippen molar-refractivity contribution in [2.45, 2.75) is 12.8 Å². The molecule has 0 bridgehead atoms. The molecule has 1 aromatic rings. The molecule has 0 spiro atoms. The smallest absolute Gasteiger partial charge is 0.0406 e. The van der Waals surface area contributed by atoms with Crippen LogP contribution in [0.3, 0.4) is 0 Å². The second kappa shape index (κ2) is 5.29. The topological polar surface area (TPSA) is 12.9 Å². The molecule has 0 aromatic carbocycles. The Balaban J connectivity index is 2.39. The number of hydrogen-bond acceptors (Lipinski definition) is 1. The number of hydrogen-bond donors (Lipinski definition) is 0. The fourth-order valence-corrected chi connectivity index (χ4v) is 1.20. The van der Waals surface area contributed by atoms with Crippen molar-refractivity contribution in [1.29, 1.82) is 0 Å². The van der Waals surface area contributed by atoms with Gasteiger partial charge in [-0.15, -0.1) is 0 Å². The van der Waals surface area contributed by atoms with Gasteiger partial charge in [0.15, 0.2) is 0 Å². The first-order chi connectivity index (χ1) is 5.43. The Kier molecular flexibility index (Phi) is 4.19. The molecular formula is C9H10IN. The minimum Gasteiger partial charge on any atom is -0.261 e. The summed E-state index contributed by atoms with van der Waals surface area (Å²) in [4.78, 5) is 4.21. The van der Waals surface area contributed by atoms with Crippen molar-refractivity contribution in [1.82, 2.24) is 4.98 Å². The average Bonchev–Trinajstić information content (AvgIpc) is 2.07. The van der Waals surface area contributed by atoms with Crippen molar-refractivity contribution in [3.8, 4) is 0 Å². The summed E-state index contributed by atoms with van der Waals surface area (Å²) in [6.45, 7) is 0. The van der Waals surface area contributed by atoms with Crippen LogP contribution in [0.4, 0.5) is 0 Å². The number of pyridine rings is 1. The first-order valence-corrected chi connectivity index (χ1v) is 4.83. The second-order valence-electron chi connectivity index (χ2n) is 2.22. The van der Waals surface area contributed by atoms with Crippen LogP contribution >= 0.6 is 22.6 Å². The van der Waals surface area contributed by atoms with Crippen molar-refractivity contribution in [2.24, 2.45) is 0 Å². The lowest BCUT2D eigenvalue weighted by atomic mass is 10.2. The molecule has 0 unspecified atom stereocenters. The lowest BCUT2D eigenvalue weighted by Gasteiger charge is -1.93. The lowest BCUT2D eigenvalue weighted by molar-refractivity contribution is 0.945. The molecule has 0 N–H and O–H groups in total. The van der Waals surface area contributed by atoms with E-state index >= 15 is 0 Å². The summed E-state index contributed by atoms with van der Waals surface area (Å²) in [6, 6.07) is 6.02. The standard InChI is InChI=1S/C9H10IN/c10-7-3-1-5-9-6-2-4-8-11-9/h2-4,6-8H,1,5H2. The summed E-state index contributed by atoms with van der Waals surface area (Å²) in [5, 5.41) is 0. The molecule has 1 heterocycles. The third kappa shape index (κ3) is 3.51. The van der Waals surface area contributed by atoms with E-state index in [4.69, 9.17) is 0 Å². The SMILES string of the molecule is IC=CCCc1ccccn1. The van der Waals surface area contributed by atoms with E-state index in [1.807, 2.05) is 22.4 Å². The Morgan fingerprint density at radius 1 is 1.45 bits per heavy atom. The van der Waals surface area contributed by atoms with E-state index in [9.17, 15) is 0 Å². The maximum Gasteiger partial charge on any atom is 0.0406 e. The summed E-state index contributed by atoms with van der Waals surface area (Å²) in [5.41, 5.74) is 1.17. The van der Waals surface area contributed by atoms with Gasteiger partial charge in [-0.1, -0.05) is 34.7 Å². The largest absolute Gasteiger partial charge is 0.261 e. The lowest BCUT2D eigenvalue weighted by Crippen LogP contribution is -1.85. The molecular weight excluding hydrogens is 249 g/mol. The van der Waals surface area contributed by atoms with Crippen LogP contribution in [-0.2, 0) is 6.42 Å². The Morgan fingerprint density at radius 3 is 3.00 bits per heavy atom. The van der Waals surface area contributed by atoms with Crippen LogP contribution in [0.2, 0.25) is 0 Å². The summed E-state index contributed by atoms with van der Waals surface area (Å²) in [5.74, 6) is 0. The molecule has 1 aromatic heterocycles. The number of nitrogens with zero attached hydrogens (tertiary/aromatic N) is 1. The highest BCUT2D eigenvalue weighted by molar-refractivity contribution is 14.1. The number of aromatic nitrogens is 1. The van der Waals surface area contributed by atoms with Gasteiger partial charge in [0.1, 0.15) is 0 Å². The second-order valence-corrected chi connectivity index (χ2v) is 2.94. The maximum atomic E-state index is 4.21. The highest BCUT2D eigenvalue weighted by Gasteiger charge is 1.88. The number of allylic oxidation sites excluding steroid dienone is 1. The Morgan fingerprint density at radius 2 is 2.36 bits per heavy atom. The van der Waals surface area contributed by atoms with Crippen LogP contribution in [0, 0.1) is 0 Å². The molecule has 0 fully saturated rings. The highest BCUT2D eigenvalue weighted by atomic mass is 127. The zero-order valence-corrected chi connectivity index (χ0v) is 8.36. The molecule has 58 valence electrons. The molecule has 0 aliphatic heterocycles. The first kappa shape index (κ1) is 8.71. The Bertz CT molecular complexity index is 218. The van der Waals surface area contributed by atoms with Gasteiger partial charge in [-0.2, -0.15) is 0 Å². The van der Waals surface area contributed by atoms with Gasteiger partial charge in [-0.25, -0.2) is 0 Å². The summed E-state index contributed by atoms with van der Waals surface area (Å²) >= 11 is 2.23. The van der Waals surface area contributed by atoms with Gasteiger partial charge >= 0.3 is 0 Å². The van der Waals surface area contributed by atoms with Crippen LogP contribution in [0.15, 0.2) is 34.6 Å². The van der Waals surface area contributed by atoms with E-state index in [1.54, 1.807) is 0 Å². The van der Waals surface area contributed by atoms with E-state index in [2.05, 4.69) is 39.7 Å². The van der Waals surface area contributed by atoms with E-state index in [-0.39, 0.29) is 0 Å². The van der Waals surface area contributed by atoms with E-state index in [0.717, 1.165) is 12.8 Å². The minimum absolute atomic E-state index is 1.04. The molecule has 2 heteroatoms. The van der Waals surface area contributed by atoms with E-state index in [1.165, 1.54) is 5.69 Å². The van der Waals surface area contributed by atoms with Crippen LogP contribution in [0.5, 0.6) is 0 Å². The normalized spacial score (nSPS) is 10.6. The van der Waals surface area contributed by atoms with E-state index in [0.29, 0.717) is 0 Å². The van der Waals surface area contributed by atoms with Gasteiger partial charge in [0.05, 0.1) is 0 Å². The molecule has 0 aliphatic carbocycles. The zero-order chi connectivity index (χ0) is 7.94. The summed E-state index contributed by atoms with van der Waals surface area (Å²) in [6.07, 6.45) is 6.11. The molecule has 11 heavy (non-hydrogen) atoms. The summed E-state index contributed by atoms with van der Waals surface area (Å²) in [7, 11) is 0. The van der Waals surface area contributed by atoms with Crippen LogP contribution < -0.4 is 0 Å². The average molecular weight is 259 g/mol. The third-order valence-electron chi connectivity index (χ3n) is 1.38. The molecule has 0 amide bonds. The molecule has 1 rings (SSSR count). The van der Waals surface area contributed by atoms with Crippen LogP contribution in [0.1, 0.15) is 12.1 Å². The van der Waals surface area contributed by atoms with Crippen LogP contribution in [0.25, 0.3) is 0 Å². The quantitative estimate of drug-likeness (QED) is 0.760. The van der Waals surface area contributed by atoms with Gasteiger partial charge in [0.25, 0.3) is 0 Å². The van der Waals surface area contributed by atoms with Crippen molar-refractivity contribution < 1.29 is 0 Å². The van der Waals surface area contributed by atoms with Gasteiger partial charge in [0.2, 0.25) is 0 Å². The predicted molar refractivity (Wildman–Crippen MR) is 55.7 cm³/mol. The van der Waals surface area contributed by atoms with Gasteiger partial charge in [0, 0.05) is 11.9 Å². The minimum atomic E-state index is 1.04. The first-order valence-electron chi connectivity index (χ1n) is 3.58. The maximum absolute atomic E-state index is 4.21. The van der Waals surface area contributed by atoms with Crippen molar-refractivity contribution in [2.75, 3.05) is 0 Å². The van der Waals surface area contributed by atoms with Crippen LogP contribution in [-0.4, -0.2) is 4.98 Å². The Labute approximate surface area is 80.7 Å². The monoisotopic (exact) mass is 259 g/mol. The van der Waals surface area contributed by atoms with Gasteiger partial charge in [-0.05, 0) is 29.1 Å². The van der Waals surface area contributed by atoms with Crippen molar-refractivity contribution in [3.63, 3.8) is 0 Å². The highest BCUT2D eigenvalue weighted by Crippen LogP contribution is 1.99. The van der Waals surface area contributed by atoms with E-state index < -0.39 is 0 Å². The van der Waals surface area contributed by atoms with Gasteiger partial charge < -0.3 is 0 Å². The predicted octanol–water partition coefficient (Wildman–Crippen LogP) is 2.96. The number of halogens is 1. The fourth-order valence-electron chi connectivity index (χ4n) is 0.840. The van der Waals surface area contributed by atoms with Crippen molar-refractivity contribution in [3.05, 3.63) is 40.2 Å². The molecule has 0 saturated carbocycles. The number of rotatable bonds is 3.